The lowest BCUT2D eigenvalue weighted by Crippen LogP contribution is -2.15. The average molecular weight is 194 g/mol. The molecule has 0 spiro atoms. The van der Waals surface area contributed by atoms with Gasteiger partial charge in [0.25, 0.3) is 0 Å². The fraction of sp³-hybridized carbons (Fsp3) is 0.667. The third kappa shape index (κ3) is 3.86. The maximum Gasteiger partial charge on any atom is 0.158 e. The maximum atomic E-state index is 11.6. The summed E-state index contributed by atoms with van der Waals surface area (Å²) in [6.45, 7) is 0. The normalized spacial score (nSPS) is 18.6. The van der Waals surface area contributed by atoms with Crippen LogP contribution in [0.1, 0.15) is 44.9 Å². The van der Waals surface area contributed by atoms with Crippen LogP contribution in [0.5, 0.6) is 0 Å². The van der Waals surface area contributed by atoms with Crippen LogP contribution < -0.4 is 0 Å². The van der Waals surface area contributed by atoms with Crippen LogP contribution in [-0.4, -0.2) is 12.1 Å². The van der Waals surface area contributed by atoms with E-state index in [9.17, 15) is 9.59 Å². The molecule has 1 saturated carbocycles. The highest BCUT2D eigenvalue weighted by molar-refractivity contribution is 5.91. The van der Waals surface area contributed by atoms with Crippen molar-refractivity contribution < 1.29 is 9.59 Å². The first-order chi connectivity index (χ1) is 6.84. The van der Waals surface area contributed by atoms with Crippen molar-refractivity contribution in [3.63, 3.8) is 0 Å². The minimum Gasteiger partial charge on any atom is -0.303 e. The first kappa shape index (κ1) is 11.2. The fourth-order valence-corrected chi connectivity index (χ4v) is 1.89. The Morgan fingerprint density at radius 2 is 1.86 bits per heavy atom. The van der Waals surface area contributed by atoms with Gasteiger partial charge in [0.15, 0.2) is 5.78 Å². The molecule has 1 fully saturated rings. The van der Waals surface area contributed by atoms with E-state index in [1.165, 1.54) is 19.3 Å². The van der Waals surface area contributed by atoms with Crippen LogP contribution in [-0.2, 0) is 9.59 Å². The van der Waals surface area contributed by atoms with Crippen LogP contribution >= 0.6 is 0 Å². The first-order valence-corrected chi connectivity index (χ1v) is 5.48. The summed E-state index contributed by atoms with van der Waals surface area (Å²) in [5.74, 6) is 0.520. The van der Waals surface area contributed by atoms with Crippen molar-refractivity contribution in [2.24, 2.45) is 5.92 Å². The molecule has 0 heterocycles. The van der Waals surface area contributed by atoms with Gasteiger partial charge in [-0.25, -0.2) is 0 Å². The zero-order valence-electron chi connectivity index (χ0n) is 8.58. The summed E-state index contributed by atoms with van der Waals surface area (Å²) in [5, 5.41) is 0. The van der Waals surface area contributed by atoms with Crippen molar-refractivity contribution in [1.82, 2.24) is 0 Å². The number of unbranched alkanes of at least 4 members (excludes halogenated alkanes) is 1. The lowest BCUT2D eigenvalue weighted by atomic mass is 9.86. The second-order valence-electron chi connectivity index (χ2n) is 3.88. The molecule has 0 bridgehead atoms. The number of ketones is 1. The van der Waals surface area contributed by atoms with Crippen LogP contribution in [0.15, 0.2) is 12.2 Å². The number of aldehydes is 1. The van der Waals surface area contributed by atoms with Crippen LogP contribution in [0.4, 0.5) is 0 Å². The largest absolute Gasteiger partial charge is 0.303 e. The molecule has 0 atom stereocenters. The second kappa shape index (κ2) is 6.52. The van der Waals surface area contributed by atoms with Gasteiger partial charge in [0, 0.05) is 12.3 Å². The average Bonchev–Trinajstić information content (AvgIpc) is 2.25. The lowest BCUT2D eigenvalue weighted by Gasteiger charge is -2.18. The standard InChI is InChI=1S/C12H18O2/c13-10-6-2-5-9-12(14)11-7-3-1-4-8-11/h5,9-11H,1-4,6-8H2/b9-5-. The van der Waals surface area contributed by atoms with E-state index < -0.39 is 0 Å². The Kier molecular flexibility index (Phi) is 5.20. The summed E-state index contributed by atoms with van der Waals surface area (Å²) >= 11 is 0. The van der Waals surface area contributed by atoms with Gasteiger partial charge in [0.05, 0.1) is 0 Å². The Labute approximate surface area is 85.4 Å². The summed E-state index contributed by atoms with van der Waals surface area (Å²) in [7, 11) is 0. The molecule has 1 aliphatic carbocycles. The number of carbonyl (C=O) groups excluding carboxylic acids is 2. The van der Waals surface area contributed by atoms with Crippen molar-refractivity contribution >= 4 is 12.1 Å². The van der Waals surface area contributed by atoms with Crippen molar-refractivity contribution in [1.29, 1.82) is 0 Å². The van der Waals surface area contributed by atoms with Gasteiger partial charge in [0.1, 0.15) is 6.29 Å². The molecular formula is C12H18O2. The van der Waals surface area contributed by atoms with E-state index >= 15 is 0 Å². The van der Waals surface area contributed by atoms with Crippen molar-refractivity contribution in [3.8, 4) is 0 Å². The molecule has 1 aliphatic rings. The zero-order chi connectivity index (χ0) is 10.2. The zero-order valence-corrected chi connectivity index (χ0v) is 8.58. The highest BCUT2D eigenvalue weighted by Gasteiger charge is 2.18. The van der Waals surface area contributed by atoms with Crippen LogP contribution in [0.25, 0.3) is 0 Å². The molecule has 0 amide bonds. The maximum absolute atomic E-state index is 11.6. The molecule has 0 radical (unpaired) electrons. The third-order valence-electron chi connectivity index (χ3n) is 2.74. The van der Waals surface area contributed by atoms with E-state index in [-0.39, 0.29) is 11.7 Å². The molecular weight excluding hydrogens is 176 g/mol. The molecule has 2 heteroatoms. The highest BCUT2D eigenvalue weighted by atomic mass is 16.1. The number of carbonyl (C=O) groups is 2. The SMILES string of the molecule is O=CCC/C=C\C(=O)C1CCCCC1. The highest BCUT2D eigenvalue weighted by Crippen LogP contribution is 2.24. The van der Waals surface area contributed by atoms with E-state index in [0.29, 0.717) is 12.8 Å². The van der Waals surface area contributed by atoms with Gasteiger partial charge in [-0.05, 0) is 25.3 Å². The fourth-order valence-electron chi connectivity index (χ4n) is 1.89. The summed E-state index contributed by atoms with van der Waals surface area (Å²) in [5.41, 5.74) is 0. The van der Waals surface area contributed by atoms with E-state index in [1.807, 2.05) is 6.08 Å². The Bertz CT molecular complexity index is 212. The molecule has 2 nitrogen and oxygen atoms in total. The molecule has 14 heavy (non-hydrogen) atoms. The first-order valence-electron chi connectivity index (χ1n) is 5.48. The summed E-state index contributed by atoms with van der Waals surface area (Å²) < 4.78 is 0. The summed E-state index contributed by atoms with van der Waals surface area (Å²) in [6, 6.07) is 0. The van der Waals surface area contributed by atoms with Gasteiger partial charge in [-0.1, -0.05) is 25.3 Å². The van der Waals surface area contributed by atoms with Crippen LogP contribution in [0.3, 0.4) is 0 Å². The van der Waals surface area contributed by atoms with Crippen LogP contribution in [0, 0.1) is 5.92 Å². The summed E-state index contributed by atoms with van der Waals surface area (Å²) in [4.78, 5) is 21.6. The number of hydrogen-bond acceptors (Lipinski definition) is 2. The van der Waals surface area contributed by atoms with Gasteiger partial charge in [-0.2, -0.15) is 0 Å². The predicted octanol–water partition coefficient (Wildman–Crippen LogP) is 2.67. The van der Waals surface area contributed by atoms with E-state index in [2.05, 4.69) is 0 Å². The molecule has 0 aliphatic heterocycles. The Balaban J connectivity index is 2.25. The molecule has 0 aromatic rings. The number of allylic oxidation sites excluding steroid dienone is 2. The monoisotopic (exact) mass is 194 g/mol. The van der Waals surface area contributed by atoms with Gasteiger partial charge >= 0.3 is 0 Å². The Morgan fingerprint density at radius 3 is 2.50 bits per heavy atom. The van der Waals surface area contributed by atoms with E-state index in [4.69, 9.17) is 0 Å². The van der Waals surface area contributed by atoms with Gasteiger partial charge < -0.3 is 4.79 Å². The minimum atomic E-state index is 0.260. The lowest BCUT2D eigenvalue weighted by molar-refractivity contribution is -0.119. The molecule has 0 unspecified atom stereocenters. The van der Waals surface area contributed by atoms with Crippen LogP contribution in [0.2, 0.25) is 0 Å². The molecule has 0 aromatic carbocycles. The van der Waals surface area contributed by atoms with Crippen molar-refractivity contribution in [3.05, 3.63) is 12.2 Å². The minimum absolute atomic E-state index is 0.260. The smallest absolute Gasteiger partial charge is 0.158 e. The summed E-state index contributed by atoms with van der Waals surface area (Å²) in [6.07, 6.45) is 11.4. The topological polar surface area (TPSA) is 34.1 Å². The Hall–Kier alpha value is -0.920. The Morgan fingerprint density at radius 1 is 1.14 bits per heavy atom. The number of rotatable bonds is 5. The quantitative estimate of drug-likeness (QED) is 0.383. The van der Waals surface area contributed by atoms with Gasteiger partial charge in [0.2, 0.25) is 0 Å². The number of hydrogen-bond donors (Lipinski definition) is 0. The van der Waals surface area contributed by atoms with Crippen molar-refractivity contribution in [2.75, 3.05) is 0 Å². The van der Waals surface area contributed by atoms with Crippen molar-refractivity contribution in [2.45, 2.75) is 44.9 Å². The third-order valence-corrected chi connectivity index (χ3v) is 2.74. The molecule has 0 saturated heterocycles. The van der Waals surface area contributed by atoms with E-state index in [1.54, 1.807) is 6.08 Å². The van der Waals surface area contributed by atoms with Gasteiger partial charge in [-0.3, -0.25) is 4.79 Å². The molecule has 1 rings (SSSR count). The molecule has 0 N–H and O–H groups in total. The molecule has 78 valence electrons. The van der Waals surface area contributed by atoms with E-state index in [0.717, 1.165) is 19.1 Å². The second-order valence-corrected chi connectivity index (χ2v) is 3.88. The predicted molar refractivity (Wildman–Crippen MR) is 56.0 cm³/mol. The van der Waals surface area contributed by atoms with Gasteiger partial charge in [-0.15, -0.1) is 0 Å². The molecule has 0 aromatic heterocycles.